The van der Waals surface area contributed by atoms with Crippen LogP contribution in [0.5, 0.6) is 5.88 Å². The molecule has 0 spiro atoms. The number of piperidine rings is 1. The first-order valence-electron chi connectivity index (χ1n) is 11.0. The Labute approximate surface area is 196 Å². The van der Waals surface area contributed by atoms with E-state index in [1.54, 1.807) is 24.5 Å². The third kappa shape index (κ3) is 4.78. The standard InChI is InChI=1S/C24H24FN5O3S/c1-34(31,32)30-9-6-17(7-10-30)21-12-20-19(5-8-27-24(20)29-21)22-13-26-14-23(28-22)33-15-16-3-2-4-18(25)11-16/h2-5,8,11-14,17H,6-7,9-10,15H2,1H3,(H,27,29). The summed E-state index contributed by atoms with van der Waals surface area (Å²) in [4.78, 5) is 16.7. The largest absolute Gasteiger partial charge is 0.472 e. The van der Waals surface area contributed by atoms with Gasteiger partial charge in [-0.25, -0.2) is 27.1 Å². The van der Waals surface area contributed by atoms with E-state index in [9.17, 15) is 12.8 Å². The summed E-state index contributed by atoms with van der Waals surface area (Å²) in [7, 11) is -3.16. The highest BCUT2D eigenvalue weighted by atomic mass is 32.2. The zero-order chi connectivity index (χ0) is 23.7. The molecule has 176 valence electrons. The lowest BCUT2D eigenvalue weighted by Gasteiger charge is -2.29. The molecule has 3 aromatic heterocycles. The summed E-state index contributed by atoms with van der Waals surface area (Å²) in [5.41, 5.74) is 3.99. The molecule has 4 heterocycles. The van der Waals surface area contributed by atoms with Gasteiger partial charge in [0, 0.05) is 41.8 Å². The third-order valence-electron chi connectivity index (χ3n) is 6.08. The maximum atomic E-state index is 13.4. The number of rotatable bonds is 6. The average Bonchev–Trinajstić information content (AvgIpc) is 3.27. The van der Waals surface area contributed by atoms with Crippen LogP contribution in [-0.4, -0.2) is 52.0 Å². The number of benzene rings is 1. The van der Waals surface area contributed by atoms with Crippen molar-refractivity contribution in [3.05, 3.63) is 72.1 Å². The van der Waals surface area contributed by atoms with Gasteiger partial charge in [0.05, 0.1) is 24.3 Å². The van der Waals surface area contributed by atoms with Gasteiger partial charge in [0.1, 0.15) is 18.1 Å². The Morgan fingerprint density at radius 3 is 2.76 bits per heavy atom. The molecular formula is C24H24FN5O3S. The second-order valence-corrected chi connectivity index (χ2v) is 10.4. The first-order chi connectivity index (χ1) is 16.4. The molecule has 0 bridgehead atoms. The molecule has 1 aliphatic heterocycles. The van der Waals surface area contributed by atoms with Crippen molar-refractivity contribution in [3.8, 4) is 17.1 Å². The number of nitrogens with one attached hydrogen (secondary N) is 1. The molecule has 8 nitrogen and oxygen atoms in total. The predicted octanol–water partition coefficient (Wildman–Crippen LogP) is 3.88. The summed E-state index contributed by atoms with van der Waals surface area (Å²) in [6.45, 7) is 1.20. The molecule has 0 radical (unpaired) electrons. The minimum Gasteiger partial charge on any atom is -0.472 e. The molecule has 1 fully saturated rings. The Kier molecular flexibility index (Phi) is 6.01. The van der Waals surface area contributed by atoms with Gasteiger partial charge >= 0.3 is 0 Å². The lowest BCUT2D eigenvalue weighted by atomic mass is 9.94. The van der Waals surface area contributed by atoms with Crippen molar-refractivity contribution in [2.45, 2.75) is 25.4 Å². The number of ether oxygens (including phenoxy) is 1. The van der Waals surface area contributed by atoms with Crippen molar-refractivity contribution in [1.82, 2.24) is 24.2 Å². The maximum Gasteiger partial charge on any atom is 0.233 e. The lowest BCUT2D eigenvalue weighted by Crippen LogP contribution is -2.37. The van der Waals surface area contributed by atoms with E-state index in [0.29, 0.717) is 30.2 Å². The van der Waals surface area contributed by atoms with Crippen molar-refractivity contribution in [3.63, 3.8) is 0 Å². The summed E-state index contributed by atoms with van der Waals surface area (Å²) < 4.78 is 44.3. The van der Waals surface area contributed by atoms with E-state index in [1.165, 1.54) is 28.9 Å². The smallest absolute Gasteiger partial charge is 0.233 e. The number of nitrogens with zero attached hydrogens (tertiary/aromatic N) is 4. The summed E-state index contributed by atoms with van der Waals surface area (Å²) in [6, 6.07) is 10.2. The molecular weight excluding hydrogens is 457 g/mol. The van der Waals surface area contributed by atoms with Crippen LogP contribution in [0.3, 0.4) is 0 Å². The van der Waals surface area contributed by atoms with Crippen molar-refractivity contribution in [1.29, 1.82) is 0 Å². The van der Waals surface area contributed by atoms with Crippen LogP contribution in [0.25, 0.3) is 22.3 Å². The molecule has 0 atom stereocenters. The first kappa shape index (κ1) is 22.4. The Balaban J connectivity index is 1.37. The fraction of sp³-hybridized carbons (Fsp3) is 0.292. The molecule has 5 rings (SSSR count). The normalized spacial score (nSPS) is 15.6. The van der Waals surface area contributed by atoms with Crippen LogP contribution in [0, 0.1) is 5.82 Å². The average molecular weight is 482 g/mol. The second-order valence-electron chi connectivity index (χ2n) is 8.44. The van der Waals surface area contributed by atoms with Gasteiger partial charge in [-0.15, -0.1) is 0 Å². The van der Waals surface area contributed by atoms with Crippen LogP contribution >= 0.6 is 0 Å². The molecule has 0 amide bonds. The lowest BCUT2D eigenvalue weighted by molar-refractivity contribution is 0.292. The second kappa shape index (κ2) is 9.11. The van der Waals surface area contributed by atoms with Gasteiger partial charge in [-0.3, -0.25) is 4.98 Å². The van der Waals surface area contributed by atoms with Crippen molar-refractivity contribution in [2.24, 2.45) is 0 Å². The summed E-state index contributed by atoms with van der Waals surface area (Å²) >= 11 is 0. The molecule has 0 saturated carbocycles. The molecule has 34 heavy (non-hydrogen) atoms. The Morgan fingerprint density at radius 1 is 1.18 bits per heavy atom. The third-order valence-corrected chi connectivity index (χ3v) is 7.38. The van der Waals surface area contributed by atoms with Crippen molar-refractivity contribution >= 4 is 21.1 Å². The highest BCUT2D eigenvalue weighted by Gasteiger charge is 2.27. The van der Waals surface area contributed by atoms with Gasteiger partial charge in [0.15, 0.2) is 0 Å². The Bertz CT molecular complexity index is 1430. The zero-order valence-corrected chi connectivity index (χ0v) is 19.4. The van der Waals surface area contributed by atoms with E-state index >= 15 is 0 Å². The van der Waals surface area contributed by atoms with Gasteiger partial charge in [-0.1, -0.05) is 12.1 Å². The van der Waals surface area contributed by atoms with E-state index in [2.05, 4.69) is 26.0 Å². The van der Waals surface area contributed by atoms with Gasteiger partial charge < -0.3 is 9.72 Å². The number of hydrogen-bond acceptors (Lipinski definition) is 6. The summed E-state index contributed by atoms with van der Waals surface area (Å²) in [6.07, 6.45) is 7.66. The number of fused-ring (bicyclic) bond motifs is 1. The number of aromatic amines is 1. The van der Waals surface area contributed by atoms with Gasteiger partial charge in [0.2, 0.25) is 15.9 Å². The SMILES string of the molecule is CS(=O)(=O)N1CCC(c2cc3c(-c4cncc(OCc5cccc(F)c5)n4)ccnc3[nH]2)CC1. The molecule has 1 aromatic carbocycles. The fourth-order valence-corrected chi connectivity index (χ4v) is 5.19. The predicted molar refractivity (Wildman–Crippen MR) is 126 cm³/mol. The van der Waals surface area contributed by atoms with E-state index in [0.717, 1.165) is 35.1 Å². The van der Waals surface area contributed by atoms with Crippen molar-refractivity contribution in [2.75, 3.05) is 19.3 Å². The van der Waals surface area contributed by atoms with Crippen LogP contribution in [0.1, 0.15) is 30.0 Å². The van der Waals surface area contributed by atoms with E-state index in [-0.39, 0.29) is 18.3 Å². The molecule has 1 aliphatic rings. The monoisotopic (exact) mass is 481 g/mol. The molecule has 1 N–H and O–H groups in total. The quantitative estimate of drug-likeness (QED) is 0.449. The topological polar surface area (TPSA) is 101 Å². The minimum atomic E-state index is -3.16. The number of halogens is 1. The maximum absolute atomic E-state index is 13.4. The van der Waals surface area contributed by atoms with Crippen LogP contribution in [-0.2, 0) is 16.6 Å². The summed E-state index contributed by atoms with van der Waals surface area (Å²) in [5, 5.41) is 0.916. The highest BCUT2D eigenvalue weighted by molar-refractivity contribution is 7.88. The number of aromatic nitrogens is 4. The first-order valence-corrected chi connectivity index (χ1v) is 12.8. The van der Waals surface area contributed by atoms with Crippen LogP contribution in [0.15, 0.2) is 55.0 Å². The molecule has 4 aromatic rings. The van der Waals surface area contributed by atoms with E-state index in [1.807, 2.05) is 6.07 Å². The number of pyridine rings is 1. The number of H-pyrrole nitrogens is 1. The number of sulfonamides is 1. The number of hydrogen-bond donors (Lipinski definition) is 1. The molecule has 10 heteroatoms. The Morgan fingerprint density at radius 2 is 2.00 bits per heavy atom. The van der Waals surface area contributed by atoms with E-state index in [4.69, 9.17) is 4.74 Å². The summed E-state index contributed by atoms with van der Waals surface area (Å²) in [5.74, 6) is 0.257. The van der Waals surface area contributed by atoms with Gasteiger partial charge in [-0.2, -0.15) is 0 Å². The van der Waals surface area contributed by atoms with Crippen LogP contribution in [0.4, 0.5) is 4.39 Å². The van der Waals surface area contributed by atoms with E-state index < -0.39 is 10.0 Å². The fourth-order valence-electron chi connectivity index (χ4n) is 4.32. The van der Waals surface area contributed by atoms with Gasteiger partial charge in [-0.05, 0) is 42.7 Å². The van der Waals surface area contributed by atoms with Gasteiger partial charge in [0.25, 0.3) is 0 Å². The molecule has 1 saturated heterocycles. The molecule has 0 aliphatic carbocycles. The van der Waals surface area contributed by atoms with Crippen molar-refractivity contribution < 1.29 is 17.5 Å². The minimum absolute atomic E-state index is 0.183. The van der Waals surface area contributed by atoms with Crippen LogP contribution < -0.4 is 4.74 Å². The Hall–Kier alpha value is -3.37. The highest BCUT2D eigenvalue weighted by Crippen LogP contribution is 2.33. The van der Waals surface area contributed by atoms with Crippen LogP contribution in [0.2, 0.25) is 0 Å². The zero-order valence-electron chi connectivity index (χ0n) is 18.6. The molecule has 0 unspecified atom stereocenters.